The van der Waals surface area contributed by atoms with Gasteiger partial charge in [-0.25, -0.2) is 5.43 Å². The third-order valence-corrected chi connectivity index (χ3v) is 3.97. The van der Waals surface area contributed by atoms with Crippen molar-refractivity contribution in [3.8, 4) is 0 Å². The summed E-state index contributed by atoms with van der Waals surface area (Å²) in [5, 5.41) is 7.22. The molecule has 0 spiro atoms. The first-order chi connectivity index (χ1) is 12.4. The van der Waals surface area contributed by atoms with Crippen molar-refractivity contribution >= 4 is 35.3 Å². The highest BCUT2D eigenvalue weighted by Crippen LogP contribution is 2.14. The zero-order chi connectivity index (χ0) is 18.9. The Kier molecular flexibility index (Phi) is 7.36. The van der Waals surface area contributed by atoms with Crippen LogP contribution in [0.25, 0.3) is 0 Å². The molecule has 0 unspecified atom stereocenters. The lowest BCUT2D eigenvalue weighted by atomic mass is 10.0. The second-order valence-corrected chi connectivity index (χ2v) is 6.61. The van der Waals surface area contributed by atoms with E-state index in [1.807, 2.05) is 24.3 Å². The molecule has 0 atom stereocenters. The number of hydrogen-bond acceptors (Lipinski definition) is 3. The number of nitrogens with zero attached hydrogens (tertiary/aromatic N) is 1. The number of hydrazone groups is 1. The van der Waals surface area contributed by atoms with Crippen LogP contribution in [0.1, 0.15) is 43.7 Å². The first-order valence-electron chi connectivity index (χ1n) is 8.41. The van der Waals surface area contributed by atoms with Crippen LogP contribution >= 0.6 is 11.6 Å². The molecule has 0 saturated heterocycles. The Hall–Kier alpha value is -2.66. The van der Waals surface area contributed by atoms with Gasteiger partial charge in [0, 0.05) is 23.6 Å². The zero-order valence-electron chi connectivity index (χ0n) is 14.8. The Morgan fingerprint density at radius 3 is 2.23 bits per heavy atom. The van der Waals surface area contributed by atoms with E-state index in [1.54, 1.807) is 30.5 Å². The van der Waals surface area contributed by atoms with Gasteiger partial charge in [-0.05, 0) is 41.3 Å². The van der Waals surface area contributed by atoms with Crippen LogP contribution in [-0.2, 0) is 9.59 Å². The van der Waals surface area contributed by atoms with Crippen molar-refractivity contribution in [1.29, 1.82) is 0 Å². The molecule has 2 amide bonds. The number of hydrogen-bond donors (Lipinski definition) is 2. The molecule has 0 aromatic heterocycles. The number of nitrogens with one attached hydrogen (secondary N) is 2. The van der Waals surface area contributed by atoms with E-state index in [-0.39, 0.29) is 24.7 Å². The maximum Gasteiger partial charge on any atom is 0.240 e. The molecule has 2 aromatic rings. The number of rotatable bonds is 7. The molecule has 0 heterocycles. The first kappa shape index (κ1) is 19.7. The molecule has 2 N–H and O–H groups in total. The van der Waals surface area contributed by atoms with Crippen molar-refractivity contribution in [2.75, 3.05) is 5.32 Å². The minimum absolute atomic E-state index is 0.0586. The second kappa shape index (κ2) is 9.73. The van der Waals surface area contributed by atoms with Crippen LogP contribution in [0.4, 0.5) is 5.69 Å². The summed E-state index contributed by atoms with van der Waals surface area (Å²) in [7, 11) is 0. The third-order valence-electron chi connectivity index (χ3n) is 3.71. The normalized spacial score (nSPS) is 10.9. The lowest BCUT2D eigenvalue weighted by molar-refractivity contribution is -0.124. The molecule has 0 aliphatic rings. The minimum Gasteiger partial charge on any atom is -0.326 e. The van der Waals surface area contributed by atoms with E-state index in [0.717, 1.165) is 5.56 Å². The van der Waals surface area contributed by atoms with Gasteiger partial charge in [0.1, 0.15) is 0 Å². The molecule has 0 saturated carbocycles. The summed E-state index contributed by atoms with van der Waals surface area (Å²) >= 11 is 5.79. The molecule has 2 rings (SSSR count). The molecule has 0 radical (unpaired) electrons. The lowest BCUT2D eigenvalue weighted by Crippen LogP contribution is -2.20. The summed E-state index contributed by atoms with van der Waals surface area (Å²) in [5.41, 5.74) is 5.22. The van der Waals surface area contributed by atoms with Crippen LogP contribution in [0.15, 0.2) is 53.6 Å². The fourth-order valence-electron chi connectivity index (χ4n) is 2.19. The smallest absolute Gasteiger partial charge is 0.240 e. The van der Waals surface area contributed by atoms with E-state index in [0.29, 0.717) is 16.6 Å². The number of benzene rings is 2. The quantitative estimate of drug-likeness (QED) is 0.561. The van der Waals surface area contributed by atoms with Gasteiger partial charge in [0.2, 0.25) is 11.8 Å². The Morgan fingerprint density at radius 1 is 1.00 bits per heavy atom. The van der Waals surface area contributed by atoms with E-state index in [2.05, 4.69) is 29.7 Å². The van der Waals surface area contributed by atoms with E-state index in [1.165, 1.54) is 5.56 Å². The van der Waals surface area contributed by atoms with Crippen LogP contribution in [0.5, 0.6) is 0 Å². The predicted molar refractivity (Wildman–Crippen MR) is 106 cm³/mol. The molecule has 6 heteroatoms. The molecule has 5 nitrogen and oxygen atoms in total. The van der Waals surface area contributed by atoms with Gasteiger partial charge in [-0.2, -0.15) is 5.10 Å². The molecule has 0 aliphatic heterocycles. The predicted octanol–water partition coefficient (Wildman–Crippen LogP) is 4.33. The first-order valence-corrected chi connectivity index (χ1v) is 8.79. The summed E-state index contributed by atoms with van der Waals surface area (Å²) < 4.78 is 0. The van der Waals surface area contributed by atoms with Crippen molar-refractivity contribution in [2.24, 2.45) is 5.10 Å². The van der Waals surface area contributed by atoms with Crippen molar-refractivity contribution in [2.45, 2.75) is 32.6 Å². The fraction of sp³-hybridized carbons (Fsp3) is 0.250. The van der Waals surface area contributed by atoms with Gasteiger partial charge < -0.3 is 5.32 Å². The summed E-state index contributed by atoms with van der Waals surface area (Å²) in [6.45, 7) is 4.26. The molecule has 2 aromatic carbocycles. The topological polar surface area (TPSA) is 70.6 Å². The zero-order valence-corrected chi connectivity index (χ0v) is 15.6. The van der Waals surface area contributed by atoms with Gasteiger partial charge in [0.15, 0.2) is 0 Å². The maximum absolute atomic E-state index is 11.8. The average molecular weight is 372 g/mol. The summed E-state index contributed by atoms with van der Waals surface area (Å²) in [6, 6.07) is 14.8. The Bertz CT molecular complexity index is 769. The van der Waals surface area contributed by atoms with Gasteiger partial charge in [0.05, 0.1) is 6.21 Å². The summed E-state index contributed by atoms with van der Waals surface area (Å²) in [5.74, 6) is -0.0817. The van der Waals surface area contributed by atoms with E-state index in [9.17, 15) is 9.59 Å². The van der Waals surface area contributed by atoms with Crippen LogP contribution in [0.3, 0.4) is 0 Å². The lowest BCUT2D eigenvalue weighted by Gasteiger charge is -2.05. The number of anilines is 1. The molecule has 0 aliphatic carbocycles. The molecule has 0 bridgehead atoms. The van der Waals surface area contributed by atoms with Crippen LogP contribution in [-0.4, -0.2) is 18.0 Å². The molecular formula is C20H22ClN3O2. The Balaban J connectivity index is 1.72. The summed E-state index contributed by atoms with van der Waals surface area (Å²) in [4.78, 5) is 23.6. The van der Waals surface area contributed by atoms with E-state index in [4.69, 9.17) is 11.6 Å². The SMILES string of the molecule is CC(C)c1ccc(C=NNC(=O)CCC(=O)Nc2ccc(Cl)cc2)cc1. The fourth-order valence-corrected chi connectivity index (χ4v) is 2.31. The number of amides is 2. The summed E-state index contributed by atoms with van der Waals surface area (Å²) in [6.07, 6.45) is 1.71. The minimum atomic E-state index is -0.314. The molecular weight excluding hydrogens is 350 g/mol. The molecule has 136 valence electrons. The van der Waals surface area contributed by atoms with Crippen molar-refractivity contribution in [3.63, 3.8) is 0 Å². The number of carbonyl (C=O) groups excluding carboxylic acids is 2. The standard InChI is InChI=1S/C20H22ClN3O2/c1-14(2)16-5-3-15(4-6-16)13-22-24-20(26)12-11-19(25)23-18-9-7-17(21)8-10-18/h3-10,13-14H,11-12H2,1-2H3,(H,23,25)(H,24,26). The van der Waals surface area contributed by atoms with Gasteiger partial charge in [-0.15, -0.1) is 0 Å². The highest BCUT2D eigenvalue weighted by Gasteiger charge is 2.06. The number of halogens is 1. The monoisotopic (exact) mass is 371 g/mol. The Morgan fingerprint density at radius 2 is 1.62 bits per heavy atom. The van der Waals surface area contributed by atoms with Crippen LogP contribution in [0, 0.1) is 0 Å². The van der Waals surface area contributed by atoms with Gasteiger partial charge in [-0.1, -0.05) is 49.7 Å². The van der Waals surface area contributed by atoms with Gasteiger partial charge in [-0.3, -0.25) is 9.59 Å². The largest absolute Gasteiger partial charge is 0.326 e. The molecule has 26 heavy (non-hydrogen) atoms. The van der Waals surface area contributed by atoms with Crippen LogP contribution < -0.4 is 10.7 Å². The van der Waals surface area contributed by atoms with Crippen molar-refractivity contribution in [1.82, 2.24) is 5.43 Å². The third kappa shape index (κ3) is 6.69. The van der Waals surface area contributed by atoms with E-state index < -0.39 is 0 Å². The Labute approximate surface area is 158 Å². The maximum atomic E-state index is 11.8. The van der Waals surface area contributed by atoms with Gasteiger partial charge >= 0.3 is 0 Å². The van der Waals surface area contributed by atoms with Crippen molar-refractivity contribution < 1.29 is 9.59 Å². The highest BCUT2D eigenvalue weighted by molar-refractivity contribution is 6.30. The van der Waals surface area contributed by atoms with Crippen LogP contribution in [0.2, 0.25) is 5.02 Å². The number of carbonyl (C=O) groups is 2. The average Bonchev–Trinajstić information content (AvgIpc) is 2.62. The second-order valence-electron chi connectivity index (χ2n) is 6.17. The molecule has 0 fully saturated rings. The van der Waals surface area contributed by atoms with E-state index >= 15 is 0 Å². The highest BCUT2D eigenvalue weighted by atomic mass is 35.5. The van der Waals surface area contributed by atoms with Crippen molar-refractivity contribution in [3.05, 3.63) is 64.7 Å². The van der Waals surface area contributed by atoms with Gasteiger partial charge in [0.25, 0.3) is 0 Å².